The zero-order valence-corrected chi connectivity index (χ0v) is 15.4. The van der Waals surface area contributed by atoms with Gasteiger partial charge in [0, 0.05) is 16.3 Å². The van der Waals surface area contributed by atoms with Crippen molar-refractivity contribution in [1.29, 1.82) is 0 Å². The number of benzene rings is 4. The molecule has 0 N–H and O–H groups in total. The first kappa shape index (κ1) is 14.8. The smallest absolute Gasteiger partial charge is 0.126 e. The van der Waals surface area contributed by atoms with Crippen LogP contribution in [0.5, 0.6) is 5.75 Å². The first-order chi connectivity index (χ1) is 11.1. The van der Waals surface area contributed by atoms with E-state index >= 15 is 0 Å². The van der Waals surface area contributed by atoms with Gasteiger partial charge in [-0.1, -0.05) is 54.7 Å². The minimum absolute atomic E-state index is 0.736. The van der Waals surface area contributed by atoms with E-state index in [0.29, 0.717) is 0 Å². The Bertz CT molecular complexity index is 1020. The zero-order valence-electron chi connectivity index (χ0n) is 13.6. The number of methoxy groups -OCH3 is 1. The van der Waals surface area contributed by atoms with E-state index in [0.717, 1.165) is 11.3 Å². The summed E-state index contributed by atoms with van der Waals surface area (Å²) in [6.45, 7) is 4.68. The van der Waals surface area contributed by atoms with Gasteiger partial charge in [0.2, 0.25) is 0 Å². The fraction of sp³-hybridized carbons (Fsp3) is 0.200. The highest BCUT2D eigenvalue weighted by molar-refractivity contribution is 6.95. The SMILES string of the molecule is COc1ccc2ccc3c([Si](C)(C)CCl)ccc4ccc1c2c43. The van der Waals surface area contributed by atoms with Gasteiger partial charge in [-0.15, -0.1) is 11.6 Å². The molecule has 23 heavy (non-hydrogen) atoms. The van der Waals surface area contributed by atoms with E-state index in [2.05, 4.69) is 61.6 Å². The summed E-state index contributed by atoms with van der Waals surface area (Å²) in [6.07, 6.45) is 0. The molecule has 3 heteroatoms. The summed E-state index contributed by atoms with van der Waals surface area (Å²) in [4.78, 5) is 0. The summed E-state index contributed by atoms with van der Waals surface area (Å²) in [5, 5.41) is 9.19. The molecular weight excluding hydrogens is 320 g/mol. The lowest BCUT2D eigenvalue weighted by molar-refractivity contribution is 0.420. The average Bonchev–Trinajstić information content (AvgIpc) is 2.59. The Morgan fingerprint density at radius 1 is 0.826 bits per heavy atom. The minimum atomic E-state index is -1.63. The van der Waals surface area contributed by atoms with Gasteiger partial charge in [0.05, 0.1) is 15.2 Å². The van der Waals surface area contributed by atoms with E-state index < -0.39 is 8.07 Å². The second-order valence-electron chi connectivity index (χ2n) is 6.82. The Morgan fingerprint density at radius 2 is 1.39 bits per heavy atom. The number of ether oxygens (including phenoxy) is 1. The lowest BCUT2D eigenvalue weighted by Crippen LogP contribution is -2.44. The third-order valence-electron chi connectivity index (χ3n) is 4.91. The molecule has 4 aromatic carbocycles. The van der Waals surface area contributed by atoms with Crippen LogP contribution in [0.3, 0.4) is 0 Å². The Balaban J connectivity index is 2.24. The Hall–Kier alpha value is -1.77. The van der Waals surface area contributed by atoms with Crippen LogP contribution < -0.4 is 9.92 Å². The van der Waals surface area contributed by atoms with Crippen molar-refractivity contribution >= 4 is 57.2 Å². The van der Waals surface area contributed by atoms with Crippen LogP contribution in [-0.2, 0) is 0 Å². The van der Waals surface area contributed by atoms with Crippen molar-refractivity contribution < 1.29 is 4.74 Å². The molecule has 0 aliphatic carbocycles. The molecule has 0 aliphatic heterocycles. The molecule has 0 amide bonds. The summed E-state index contributed by atoms with van der Waals surface area (Å²) in [6, 6.07) is 17.6. The van der Waals surface area contributed by atoms with Crippen LogP contribution in [0.25, 0.3) is 32.3 Å². The minimum Gasteiger partial charge on any atom is -0.496 e. The van der Waals surface area contributed by atoms with Gasteiger partial charge in [0.1, 0.15) is 5.75 Å². The van der Waals surface area contributed by atoms with Gasteiger partial charge in [-0.3, -0.25) is 0 Å². The molecule has 4 rings (SSSR count). The maximum absolute atomic E-state index is 6.31. The third kappa shape index (κ3) is 2.05. The normalized spacial score (nSPS) is 12.5. The van der Waals surface area contributed by atoms with E-state index in [9.17, 15) is 0 Å². The monoisotopic (exact) mass is 338 g/mol. The van der Waals surface area contributed by atoms with Gasteiger partial charge in [0.25, 0.3) is 0 Å². The molecule has 1 nitrogen and oxygen atoms in total. The van der Waals surface area contributed by atoms with Gasteiger partial charge in [-0.05, 0) is 33.7 Å². The van der Waals surface area contributed by atoms with Crippen molar-refractivity contribution in [1.82, 2.24) is 0 Å². The molecular formula is C20H19ClOSi. The summed E-state index contributed by atoms with van der Waals surface area (Å²) in [5.74, 6) is 0.936. The van der Waals surface area contributed by atoms with Crippen molar-refractivity contribution in [2.75, 3.05) is 12.6 Å². The van der Waals surface area contributed by atoms with Crippen LogP contribution >= 0.6 is 11.6 Å². The van der Waals surface area contributed by atoms with Crippen molar-refractivity contribution in [2.24, 2.45) is 0 Å². The molecule has 0 fully saturated rings. The highest BCUT2D eigenvalue weighted by Crippen LogP contribution is 2.38. The number of hydrogen-bond acceptors (Lipinski definition) is 1. The number of hydrogen-bond donors (Lipinski definition) is 0. The third-order valence-corrected chi connectivity index (χ3v) is 9.47. The molecule has 0 unspecified atom stereocenters. The van der Waals surface area contributed by atoms with Gasteiger partial charge in [-0.25, -0.2) is 0 Å². The van der Waals surface area contributed by atoms with Crippen molar-refractivity contribution in [2.45, 2.75) is 13.1 Å². The quantitative estimate of drug-likeness (QED) is 0.280. The zero-order chi connectivity index (χ0) is 16.2. The topological polar surface area (TPSA) is 9.23 Å². The predicted molar refractivity (Wildman–Crippen MR) is 105 cm³/mol. The standard InChI is InChI=1S/C20H19ClOSi/c1-22-17-10-6-13-5-9-16-18(23(2,3)12-21)11-7-14-4-8-15(17)19(13)20(14)16/h4-11H,12H2,1-3H3. The first-order valence-corrected chi connectivity index (χ1v) is 11.6. The van der Waals surface area contributed by atoms with Crippen LogP contribution in [0.1, 0.15) is 0 Å². The Kier molecular flexibility index (Phi) is 3.29. The van der Waals surface area contributed by atoms with Crippen molar-refractivity contribution in [3.05, 3.63) is 48.5 Å². The van der Waals surface area contributed by atoms with Gasteiger partial charge < -0.3 is 4.74 Å². The molecule has 116 valence electrons. The molecule has 0 aromatic heterocycles. The first-order valence-electron chi connectivity index (χ1n) is 7.88. The largest absolute Gasteiger partial charge is 0.496 e. The molecule has 0 heterocycles. The maximum Gasteiger partial charge on any atom is 0.126 e. The van der Waals surface area contributed by atoms with E-state index in [1.54, 1.807) is 7.11 Å². The summed E-state index contributed by atoms with van der Waals surface area (Å²) in [5.41, 5.74) is 0.736. The second kappa shape index (κ2) is 5.12. The Labute approximate surface area is 142 Å². The highest BCUT2D eigenvalue weighted by Gasteiger charge is 2.25. The van der Waals surface area contributed by atoms with E-state index in [-0.39, 0.29) is 0 Å². The average molecular weight is 339 g/mol. The van der Waals surface area contributed by atoms with Crippen LogP contribution in [0, 0.1) is 0 Å². The second-order valence-corrected chi connectivity index (χ2v) is 12.2. The molecule has 0 saturated heterocycles. The molecule has 0 aliphatic rings. The van der Waals surface area contributed by atoms with Crippen LogP contribution in [0.4, 0.5) is 0 Å². The van der Waals surface area contributed by atoms with E-state index in [1.807, 2.05) is 0 Å². The van der Waals surface area contributed by atoms with E-state index in [1.165, 1.54) is 37.5 Å². The molecule has 4 aromatic rings. The molecule has 0 spiro atoms. The number of alkyl halides is 1. The van der Waals surface area contributed by atoms with Crippen molar-refractivity contribution in [3.63, 3.8) is 0 Å². The molecule has 0 bridgehead atoms. The summed E-state index contributed by atoms with van der Waals surface area (Å²) < 4.78 is 5.58. The lowest BCUT2D eigenvalue weighted by atomic mass is 9.94. The Morgan fingerprint density at radius 3 is 2.04 bits per heavy atom. The van der Waals surface area contributed by atoms with Crippen molar-refractivity contribution in [3.8, 4) is 5.75 Å². The van der Waals surface area contributed by atoms with Crippen LogP contribution in [0.2, 0.25) is 13.1 Å². The van der Waals surface area contributed by atoms with Gasteiger partial charge in [-0.2, -0.15) is 0 Å². The maximum atomic E-state index is 6.31. The van der Waals surface area contributed by atoms with Crippen LogP contribution in [0.15, 0.2) is 48.5 Å². The molecule has 0 saturated carbocycles. The number of halogens is 1. The fourth-order valence-corrected chi connectivity index (χ4v) is 5.66. The number of rotatable bonds is 3. The fourth-order valence-electron chi connectivity index (χ4n) is 3.61. The van der Waals surface area contributed by atoms with Gasteiger partial charge in [0.15, 0.2) is 0 Å². The van der Waals surface area contributed by atoms with E-state index in [4.69, 9.17) is 16.3 Å². The molecule has 0 atom stereocenters. The van der Waals surface area contributed by atoms with Gasteiger partial charge >= 0.3 is 0 Å². The van der Waals surface area contributed by atoms with Crippen LogP contribution in [-0.4, -0.2) is 20.7 Å². The highest BCUT2D eigenvalue weighted by atomic mass is 35.5. The summed E-state index contributed by atoms with van der Waals surface area (Å²) >= 11 is 6.31. The summed E-state index contributed by atoms with van der Waals surface area (Å²) in [7, 11) is 0.104. The predicted octanol–water partition coefficient (Wildman–Crippen LogP) is 5.29. The lowest BCUT2D eigenvalue weighted by Gasteiger charge is -2.23. The molecule has 0 radical (unpaired) electrons.